The van der Waals surface area contributed by atoms with Gasteiger partial charge in [-0.15, -0.1) is 0 Å². The lowest BCUT2D eigenvalue weighted by Gasteiger charge is -2.40. The molecule has 4 heteroatoms. The minimum atomic E-state index is 0.351. The highest BCUT2D eigenvalue weighted by molar-refractivity contribution is 5.80. The van der Waals surface area contributed by atoms with Crippen molar-refractivity contribution in [2.75, 3.05) is 11.9 Å². The standard InChI is InChI=1S/C24H31N3O/c1-5-28-20-12-10-18(11-13-20)25-23-26-21-8-6-7-9-22(21)27(23)19-14-17(2)15-24(3,4)16-19/h6-13,17,19H,5,14-16H2,1-4H3,(H,25,26)/t17-,19+/m1/s1. The minimum absolute atomic E-state index is 0.351. The second-order valence-corrected chi connectivity index (χ2v) is 8.94. The van der Waals surface area contributed by atoms with Crippen LogP contribution in [0.2, 0.25) is 0 Å². The van der Waals surface area contributed by atoms with Gasteiger partial charge in [0.15, 0.2) is 0 Å². The predicted octanol–water partition coefficient (Wildman–Crippen LogP) is 6.57. The minimum Gasteiger partial charge on any atom is -0.494 e. The number of benzene rings is 2. The van der Waals surface area contributed by atoms with Gasteiger partial charge in [0.25, 0.3) is 0 Å². The van der Waals surface area contributed by atoms with E-state index in [1.165, 1.54) is 24.8 Å². The quantitative estimate of drug-likeness (QED) is 0.547. The molecule has 4 nitrogen and oxygen atoms in total. The second kappa shape index (κ2) is 7.50. The van der Waals surface area contributed by atoms with Crippen molar-refractivity contribution in [1.29, 1.82) is 0 Å². The van der Waals surface area contributed by atoms with Gasteiger partial charge < -0.3 is 14.6 Å². The Morgan fingerprint density at radius 2 is 1.86 bits per heavy atom. The van der Waals surface area contributed by atoms with Crippen LogP contribution in [-0.2, 0) is 0 Å². The van der Waals surface area contributed by atoms with Crippen LogP contribution in [-0.4, -0.2) is 16.2 Å². The molecular weight excluding hydrogens is 346 g/mol. The highest BCUT2D eigenvalue weighted by Gasteiger charge is 2.34. The molecule has 0 radical (unpaired) electrons. The molecule has 0 amide bonds. The van der Waals surface area contributed by atoms with Crippen molar-refractivity contribution in [3.63, 3.8) is 0 Å². The molecule has 0 bridgehead atoms. The van der Waals surface area contributed by atoms with Crippen LogP contribution in [0.3, 0.4) is 0 Å². The molecule has 1 aromatic heterocycles. The summed E-state index contributed by atoms with van der Waals surface area (Å²) in [5.41, 5.74) is 3.64. The van der Waals surface area contributed by atoms with E-state index in [0.29, 0.717) is 24.0 Å². The van der Waals surface area contributed by atoms with Gasteiger partial charge in [-0.2, -0.15) is 0 Å². The summed E-state index contributed by atoms with van der Waals surface area (Å²) in [6.07, 6.45) is 3.66. The van der Waals surface area contributed by atoms with Gasteiger partial charge in [0.05, 0.1) is 17.6 Å². The molecule has 1 fully saturated rings. The van der Waals surface area contributed by atoms with Crippen molar-refractivity contribution in [1.82, 2.24) is 9.55 Å². The lowest BCUT2D eigenvalue weighted by molar-refractivity contribution is 0.140. The number of imidazole rings is 1. The van der Waals surface area contributed by atoms with E-state index in [1.807, 2.05) is 19.1 Å². The van der Waals surface area contributed by atoms with Crippen LogP contribution in [0.1, 0.15) is 53.0 Å². The molecule has 1 saturated carbocycles. The Balaban J connectivity index is 1.71. The first kappa shape index (κ1) is 18.9. The number of fused-ring (bicyclic) bond motifs is 1. The molecule has 0 saturated heterocycles. The van der Waals surface area contributed by atoms with E-state index in [2.05, 4.69) is 67.1 Å². The van der Waals surface area contributed by atoms with Gasteiger partial charge in [0, 0.05) is 11.7 Å². The van der Waals surface area contributed by atoms with Gasteiger partial charge in [-0.05, 0) is 73.9 Å². The van der Waals surface area contributed by atoms with E-state index in [-0.39, 0.29) is 0 Å². The smallest absolute Gasteiger partial charge is 0.208 e. The number of hydrogen-bond donors (Lipinski definition) is 1. The van der Waals surface area contributed by atoms with Crippen LogP contribution in [0.4, 0.5) is 11.6 Å². The van der Waals surface area contributed by atoms with E-state index in [1.54, 1.807) is 0 Å². The first-order chi connectivity index (χ1) is 13.4. The number of rotatable bonds is 5. The van der Waals surface area contributed by atoms with Crippen LogP contribution in [0.5, 0.6) is 5.75 Å². The van der Waals surface area contributed by atoms with Gasteiger partial charge >= 0.3 is 0 Å². The SMILES string of the molecule is CCOc1ccc(Nc2nc3ccccc3n2[C@H]2C[C@@H](C)CC(C)(C)C2)cc1. The molecule has 4 rings (SSSR count). The lowest BCUT2D eigenvalue weighted by atomic mass is 9.70. The van der Waals surface area contributed by atoms with Gasteiger partial charge in [0.1, 0.15) is 5.75 Å². The normalized spacial score (nSPS) is 21.6. The highest BCUT2D eigenvalue weighted by atomic mass is 16.5. The van der Waals surface area contributed by atoms with Gasteiger partial charge in [0.2, 0.25) is 5.95 Å². The van der Waals surface area contributed by atoms with Crippen molar-refractivity contribution in [2.45, 2.75) is 53.0 Å². The van der Waals surface area contributed by atoms with E-state index >= 15 is 0 Å². The largest absolute Gasteiger partial charge is 0.494 e. The molecule has 28 heavy (non-hydrogen) atoms. The molecule has 2 aromatic carbocycles. The van der Waals surface area contributed by atoms with E-state index in [9.17, 15) is 0 Å². The summed E-state index contributed by atoms with van der Waals surface area (Å²) in [6, 6.07) is 17.0. The highest BCUT2D eigenvalue weighted by Crippen LogP contribution is 2.46. The topological polar surface area (TPSA) is 39.1 Å². The number of ether oxygens (including phenoxy) is 1. The first-order valence-electron chi connectivity index (χ1n) is 10.4. The summed E-state index contributed by atoms with van der Waals surface area (Å²) >= 11 is 0. The van der Waals surface area contributed by atoms with Crippen LogP contribution in [0, 0.1) is 11.3 Å². The van der Waals surface area contributed by atoms with Crippen molar-refractivity contribution in [3.8, 4) is 5.75 Å². The van der Waals surface area contributed by atoms with Crippen LogP contribution >= 0.6 is 0 Å². The van der Waals surface area contributed by atoms with Gasteiger partial charge in [-0.25, -0.2) is 4.98 Å². The number of aromatic nitrogens is 2. The molecule has 0 spiro atoms. The molecule has 3 aromatic rings. The van der Waals surface area contributed by atoms with Crippen molar-refractivity contribution in [3.05, 3.63) is 48.5 Å². The molecule has 0 aliphatic heterocycles. The molecule has 1 aliphatic carbocycles. The van der Waals surface area contributed by atoms with Crippen molar-refractivity contribution in [2.24, 2.45) is 11.3 Å². The van der Waals surface area contributed by atoms with E-state index in [0.717, 1.165) is 22.9 Å². The summed E-state index contributed by atoms with van der Waals surface area (Å²) in [6.45, 7) is 9.86. The Bertz CT molecular complexity index is 942. The Labute approximate surface area is 167 Å². The Kier molecular flexibility index (Phi) is 5.05. The summed E-state index contributed by atoms with van der Waals surface area (Å²) < 4.78 is 8.00. The van der Waals surface area contributed by atoms with Crippen molar-refractivity contribution < 1.29 is 4.74 Å². The second-order valence-electron chi connectivity index (χ2n) is 8.94. The number of nitrogens with zero attached hydrogens (tertiary/aromatic N) is 2. The molecule has 2 atom stereocenters. The molecule has 1 heterocycles. The maximum Gasteiger partial charge on any atom is 0.208 e. The molecule has 1 N–H and O–H groups in total. The maximum atomic E-state index is 5.56. The third-order valence-corrected chi connectivity index (χ3v) is 5.75. The number of nitrogens with one attached hydrogen (secondary N) is 1. The lowest BCUT2D eigenvalue weighted by Crippen LogP contribution is -2.29. The Morgan fingerprint density at radius 1 is 1.11 bits per heavy atom. The average Bonchev–Trinajstić information content (AvgIpc) is 3.00. The van der Waals surface area contributed by atoms with E-state index < -0.39 is 0 Å². The first-order valence-corrected chi connectivity index (χ1v) is 10.4. The fourth-order valence-electron chi connectivity index (χ4n) is 4.92. The third kappa shape index (κ3) is 3.87. The molecule has 0 unspecified atom stereocenters. The summed E-state index contributed by atoms with van der Waals surface area (Å²) in [4.78, 5) is 4.94. The predicted molar refractivity (Wildman–Crippen MR) is 116 cm³/mol. The number of hydrogen-bond acceptors (Lipinski definition) is 3. The monoisotopic (exact) mass is 377 g/mol. The van der Waals surface area contributed by atoms with Crippen LogP contribution < -0.4 is 10.1 Å². The fourth-order valence-corrected chi connectivity index (χ4v) is 4.92. The summed E-state index contributed by atoms with van der Waals surface area (Å²) in [7, 11) is 0. The van der Waals surface area contributed by atoms with Gasteiger partial charge in [-0.1, -0.05) is 32.9 Å². The van der Waals surface area contributed by atoms with Gasteiger partial charge in [-0.3, -0.25) is 0 Å². The molecule has 148 valence electrons. The maximum absolute atomic E-state index is 5.56. The average molecular weight is 378 g/mol. The summed E-state index contributed by atoms with van der Waals surface area (Å²) in [5.74, 6) is 2.54. The Morgan fingerprint density at radius 3 is 2.57 bits per heavy atom. The van der Waals surface area contributed by atoms with Crippen molar-refractivity contribution >= 4 is 22.7 Å². The zero-order valence-corrected chi connectivity index (χ0v) is 17.4. The third-order valence-electron chi connectivity index (χ3n) is 5.75. The van der Waals surface area contributed by atoms with Crippen LogP contribution in [0.25, 0.3) is 11.0 Å². The summed E-state index contributed by atoms with van der Waals surface area (Å²) in [5, 5.41) is 3.57. The molecule has 1 aliphatic rings. The number of para-hydroxylation sites is 2. The Hall–Kier alpha value is -2.49. The van der Waals surface area contributed by atoms with E-state index in [4.69, 9.17) is 9.72 Å². The zero-order chi connectivity index (χ0) is 19.7. The molecular formula is C24H31N3O. The fraction of sp³-hybridized carbons (Fsp3) is 0.458. The van der Waals surface area contributed by atoms with Crippen LogP contribution in [0.15, 0.2) is 48.5 Å². The zero-order valence-electron chi connectivity index (χ0n) is 17.4. The number of anilines is 2.